The average Bonchev–Trinajstić information content (AvgIpc) is 2.71. The molecule has 0 unspecified atom stereocenters. The monoisotopic (exact) mass is 343 g/mol. The quantitative estimate of drug-likeness (QED) is 0.908. The van der Waals surface area contributed by atoms with Crippen molar-refractivity contribution >= 4 is 27.5 Å². The first-order valence-corrected chi connectivity index (χ1v) is 8.02. The number of hydrogen-bond donors (Lipinski definition) is 1. The molecule has 1 heterocycles. The summed E-state index contributed by atoms with van der Waals surface area (Å²) in [6.07, 6.45) is 0. The second-order valence-corrected chi connectivity index (χ2v) is 6.53. The number of rotatable bonds is 4. The highest BCUT2D eigenvalue weighted by Crippen LogP contribution is 2.20. The van der Waals surface area contributed by atoms with Gasteiger partial charge in [0.15, 0.2) is 0 Å². The minimum Gasteiger partial charge on any atom is -0.497 e. The van der Waals surface area contributed by atoms with Crippen LogP contribution in [-0.4, -0.2) is 31.2 Å². The molecule has 0 aliphatic heterocycles. The van der Waals surface area contributed by atoms with Gasteiger partial charge in [-0.1, -0.05) is 17.7 Å². The smallest absolute Gasteiger partial charge is 0.270 e. The molecule has 0 fully saturated rings. The average molecular weight is 344 g/mol. The van der Waals surface area contributed by atoms with Crippen LogP contribution in [0.5, 0.6) is 5.75 Å². The first-order valence-electron chi connectivity index (χ1n) is 6.16. The Bertz CT molecular complexity index is 830. The lowest BCUT2D eigenvalue weighted by Crippen LogP contribution is -2.31. The number of sulfonamides is 1. The number of methoxy groups -OCH3 is 1. The molecule has 0 saturated carbocycles. The topological polar surface area (TPSA) is 90.3 Å². The Balaban J connectivity index is 2.34. The van der Waals surface area contributed by atoms with Gasteiger partial charge in [-0.25, -0.2) is 13.1 Å². The van der Waals surface area contributed by atoms with Crippen LogP contribution in [0.25, 0.3) is 0 Å². The number of ether oxygens (including phenoxy) is 1. The van der Waals surface area contributed by atoms with Gasteiger partial charge in [-0.05, 0) is 19.1 Å². The van der Waals surface area contributed by atoms with Crippen molar-refractivity contribution in [2.75, 3.05) is 7.11 Å². The van der Waals surface area contributed by atoms with Gasteiger partial charge in [0.2, 0.25) is 0 Å². The van der Waals surface area contributed by atoms with Gasteiger partial charge in [0, 0.05) is 13.1 Å². The number of halogens is 1. The van der Waals surface area contributed by atoms with Gasteiger partial charge in [-0.2, -0.15) is 5.10 Å². The minimum absolute atomic E-state index is 0.0237. The highest BCUT2D eigenvalue weighted by molar-refractivity contribution is 7.90. The minimum atomic E-state index is -4.04. The Morgan fingerprint density at radius 2 is 2.09 bits per heavy atom. The number of nitrogens with zero attached hydrogens (tertiary/aromatic N) is 2. The normalized spacial score (nSPS) is 11.3. The molecule has 0 spiro atoms. The number of hydrogen-bond acceptors (Lipinski definition) is 5. The molecule has 7 nitrogen and oxygen atoms in total. The van der Waals surface area contributed by atoms with Crippen LogP contribution in [0.4, 0.5) is 0 Å². The van der Waals surface area contributed by atoms with Crippen LogP contribution in [-0.2, 0) is 17.1 Å². The first kappa shape index (κ1) is 16.3. The van der Waals surface area contributed by atoms with Gasteiger partial charge in [0.25, 0.3) is 15.9 Å². The van der Waals surface area contributed by atoms with Crippen molar-refractivity contribution in [2.45, 2.75) is 11.8 Å². The maximum atomic E-state index is 12.3. The zero-order valence-electron chi connectivity index (χ0n) is 12.1. The maximum absolute atomic E-state index is 12.3. The van der Waals surface area contributed by atoms with Crippen molar-refractivity contribution in [1.82, 2.24) is 14.5 Å². The molecule has 1 aromatic heterocycles. The van der Waals surface area contributed by atoms with E-state index in [9.17, 15) is 13.2 Å². The Morgan fingerprint density at radius 1 is 1.41 bits per heavy atom. The van der Waals surface area contributed by atoms with Crippen molar-refractivity contribution in [1.29, 1.82) is 0 Å². The van der Waals surface area contributed by atoms with Crippen molar-refractivity contribution in [3.63, 3.8) is 0 Å². The largest absolute Gasteiger partial charge is 0.497 e. The van der Waals surface area contributed by atoms with E-state index in [0.29, 0.717) is 11.4 Å². The number of aryl methyl sites for hydroxylation is 2. The van der Waals surface area contributed by atoms with E-state index in [4.69, 9.17) is 16.3 Å². The van der Waals surface area contributed by atoms with Gasteiger partial charge in [0.1, 0.15) is 16.5 Å². The third kappa shape index (κ3) is 3.07. The summed E-state index contributed by atoms with van der Waals surface area (Å²) in [5, 5.41) is 4.04. The molecule has 118 valence electrons. The molecule has 1 N–H and O–H groups in total. The van der Waals surface area contributed by atoms with Gasteiger partial charge in [-0.3, -0.25) is 9.48 Å². The lowest BCUT2D eigenvalue weighted by molar-refractivity contribution is 0.0981. The summed E-state index contributed by atoms with van der Waals surface area (Å²) in [5.41, 5.74) is 0.362. The summed E-state index contributed by atoms with van der Waals surface area (Å²) in [6.45, 7) is 1.57. The summed E-state index contributed by atoms with van der Waals surface area (Å²) in [6, 6.07) is 5.78. The molecule has 0 atom stereocenters. The predicted molar refractivity (Wildman–Crippen MR) is 80.6 cm³/mol. The van der Waals surface area contributed by atoms with Crippen LogP contribution in [0.15, 0.2) is 29.2 Å². The Kier molecular flexibility index (Phi) is 4.43. The summed E-state index contributed by atoms with van der Waals surface area (Å²) in [4.78, 5) is 12.1. The van der Waals surface area contributed by atoms with Crippen molar-refractivity contribution in [2.24, 2.45) is 7.05 Å². The van der Waals surface area contributed by atoms with Crippen molar-refractivity contribution < 1.29 is 17.9 Å². The van der Waals surface area contributed by atoms with Gasteiger partial charge in [0.05, 0.1) is 17.7 Å². The van der Waals surface area contributed by atoms with E-state index in [1.54, 1.807) is 20.0 Å². The number of carbonyl (C=O) groups is 1. The van der Waals surface area contributed by atoms with Gasteiger partial charge >= 0.3 is 0 Å². The Hall–Kier alpha value is -2.06. The summed E-state index contributed by atoms with van der Waals surface area (Å²) >= 11 is 5.96. The standard InChI is InChI=1S/C13H14ClN3O4S/c1-8-11(12(14)17(2)15-8)13(18)16-22(19,20)10-6-4-5-9(7-10)21-3/h4-7H,1-3H3,(H,16,18). The molecule has 1 amide bonds. The number of nitrogens with one attached hydrogen (secondary N) is 1. The molecule has 2 aromatic rings. The molecule has 2 rings (SSSR count). The SMILES string of the molecule is COc1cccc(S(=O)(=O)NC(=O)c2c(C)nn(C)c2Cl)c1. The molecule has 22 heavy (non-hydrogen) atoms. The molecule has 1 aromatic carbocycles. The predicted octanol–water partition coefficient (Wildman–Crippen LogP) is 1.51. The molecule has 9 heteroatoms. The second kappa shape index (κ2) is 5.98. The fourth-order valence-electron chi connectivity index (χ4n) is 1.89. The van der Waals surface area contributed by atoms with Crippen LogP contribution in [0.3, 0.4) is 0 Å². The molecular weight excluding hydrogens is 330 g/mol. The van der Waals surface area contributed by atoms with Crippen LogP contribution in [0.2, 0.25) is 5.15 Å². The maximum Gasteiger partial charge on any atom is 0.270 e. The third-order valence-electron chi connectivity index (χ3n) is 2.96. The number of benzene rings is 1. The van der Waals surface area contributed by atoms with E-state index in [1.807, 2.05) is 4.72 Å². The fourth-order valence-corrected chi connectivity index (χ4v) is 3.14. The molecule has 0 saturated heterocycles. The van der Waals surface area contributed by atoms with Crippen LogP contribution in [0, 0.1) is 6.92 Å². The fraction of sp³-hybridized carbons (Fsp3) is 0.231. The lowest BCUT2D eigenvalue weighted by Gasteiger charge is -2.08. The van der Waals surface area contributed by atoms with Crippen LogP contribution < -0.4 is 9.46 Å². The molecule has 0 bridgehead atoms. The summed E-state index contributed by atoms with van der Waals surface area (Å²) in [5.74, 6) is -0.468. The van der Waals surface area contributed by atoms with E-state index in [1.165, 1.54) is 30.0 Å². The highest BCUT2D eigenvalue weighted by Gasteiger charge is 2.24. The lowest BCUT2D eigenvalue weighted by atomic mass is 10.2. The zero-order valence-corrected chi connectivity index (χ0v) is 13.7. The van der Waals surface area contributed by atoms with E-state index in [2.05, 4.69) is 5.10 Å². The van der Waals surface area contributed by atoms with E-state index >= 15 is 0 Å². The summed E-state index contributed by atoms with van der Waals surface area (Å²) < 4.78 is 32.8. The van der Waals surface area contributed by atoms with Crippen LogP contribution in [0.1, 0.15) is 16.1 Å². The van der Waals surface area contributed by atoms with E-state index in [0.717, 1.165) is 0 Å². The molecule has 0 aliphatic carbocycles. The first-order chi connectivity index (χ1) is 10.3. The number of carbonyl (C=O) groups excluding carboxylic acids is 1. The molecule has 0 aliphatic rings. The van der Waals surface area contributed by atoms with Gasteiger partial charge < -0.3 is 4.74 Å². The Morgan fingerprint density at radius 3 is 2.64 bits per heavy atom. The van der Waals surface area contributed by atoms with Crippen molar-refractivity contribution in [3.8, 4) is 5.75 Å². The number of aromatic nitrogens is 2. The molecular formula is C13H14ClN3O4S. The molecule has 0 radical (unpaired) electrons. The number of amides is 1. The summed E-state index contributed by atoms with van der Waals surface area (Å²) in [7, 11) is -1.06. The second-order valence-electron chi connectivity index (χ2n) is 4.49. The zero-order chi connectivity index (χ0) is 16.5. The third-order valence-corrected chi connectivity index (χ3v) is 4.72. The van der Waals surface area contributed by atoms with Crippen LogP contribution >= 0.6 is 11.6 Å². The highest BCUT2D eigenvalue weighted by atomic mass is 35.5. The van der Waals surface area contributed by atoms with Gasteiger partial charge in [-0.15, -0.1) is 0 Å². The Labute approximate surface area is 132 Å². The van der Waals surface area contributed by atoms with E-state index < -0.39 is 15.9 Å². The van der Waals surface area contributed by atoms with Crippen molar-refractivity contribution in [3.05, 3.63) is 40.7 Å². The van der Waals surface area contributed by atoms with E-state index in [-0.39, 0.29) is 15.6 Å².